The van der Waals surface area contributed by atoms with Crippen LogP contribution in [0.25, 0.3) is 0 Å². The molecule has 0 spiro atoms. The minimum Gasteiger partial charge on any atom is -0.423 e. The predicted octanol–water partition coefficient (Wildman–Crippen LogP) is 1.37. The van der Waals surface area contributed by atoms with Gasteiger partial charge in [-0.05, 0) is 30.3 Å². The molecule has 0 bridgehead atoms. The summed E-state index contributed by atoms with van der Waals surface area (Å²) in [5.41, 5.74) is 1.30. The summed E-state index contributed by atoms with van der Waals surface area (Å²) < 4.78 is 0. The van der Waals surface area contributed by atoms with Gasteiger partial charge in [0.2, 0.25) is 5.91 Å². The minimum absolute atomic E-state index is 0.0353. The second kappa shape index (κ2) is 8.07. The number of amides is 1. The molecule has 0 saturated carbocycles. The van der Waals surface area contributed by atoms with Crippen molar-refractivity contribution in [3.8, 4) is 0 Å². The number of hydrogen-bond donors (Lipinski definition) is 3. The predicted molar refractivity (Wildman–Crippen MR) is 81.5 cm³/mol. The van der Waals surface area contributed by atoms with E-state index in [1.54, 1.807) is 18.2 Å². The third-order valence-corrected chi connectivity index (χ3v) is 3.27. The first kappa shape index (κ1) is 16.7. The average molecular weight is 277 g/mol. The molecular formula is C15H24BNO3. The maximum atomic E-state index is 11.8. The molecular weight excluding hydrogens is 253 g/mol. The Hall–Kier alpha value is -1.33. The van der Waals surface area contributed by atoms with Crippen molar-refractivity contribution in [3.63, 3.8) is 0 Å². The number of hydrogen-bond acceptors (Lipinski definition) is 3. The zero-order chi connectivity index (χ0) is 15.1. The molecule has 0 fully saturated rings. The summed E-state index contributed by atoms with van der Waals surface area (Å²) in [6.45, 7) is 6.18. The first-order valence-corrected chi connectivity index (χ1v) is 7.15. The molecule has 1 unspecified atom stereocenters. The fourth-order valence-corrected chi connectivity index (χ4v) is 2.06. The first-order chi connectivity index (χ1) is 9.40. The summed E-state index contributed by atoms with van der Waals surface area (Å²) in [6, 6.07) is 6.83. The van der Waals surface area contributed by atoms with Gasteiger partial charge in [0.05, 0.1) is 6.04 Å². The topological polar surface area (TPSA) is 69.6 Å². The van der Waals surface area contributed by atoms with Crippen LogP contribution in [-0.4, -0.2) is 23.1 Å². The van der Waals surface area contributed by atoms with Gasteiger partial charge in [-0.2, -0.15) is 0 Å². The first-order valence-electron chi connectivity index (χ1n) is 7.15. The van der Waals surface area contributed by atoms with Crippen molar-refractivity contribution >= 4 is 18.5 Å². The molecule has 0 heterocycles. The summed E-state index contributed by atoms with van der Waals surface area (Å²) >= 11 is 0. The molecule has 0 aliphatic carbocycles. The van der Waals surface area contributed by atoms with E-state index in [-0.39, 0.29) is 11.9 Å². The Labute approximate surface area is 121 Å². The van der Waals surface area contributed by atoms with E-state index in [1.165, 1.54) is 0 Å². The van der Waals surface area contributed by atoms with Gasteiger partial charge in [-0.3, -0.25) is 4.79 Å². The number of benzene rings is 1. The highest BCUT2D eigenvalue weighted by atomic mass is 16.4. The highest BCUT2D eigenvalue weighted by molar-refractivity contribution is 6.58. The van der Waals surface area contributed by atoms with Gasteiger partial charge in [-0.25, -0.2) is 0 Å². The van der Waals surface area contributed by atoms with E-state index in [1.807, 2.05) is 13.0 Å². The van der Waals surface area contributed by atoms with Crippen LogP contribution in [0.2, 0.25) is 0 Å². The van der Waals surface area contributed by atoms with Crippen LogP contribution in [0, 0.1) is 5.92 Å². The molecule has 20 heavy (non-hydrogen) atoms. The van der Waals surface area contributed by atoms with Gasteiger partial charge in [-0.1, -0.05) is 44.5 Å². The molecule has 0 radical (unpaired) electrons. The Morgan fingerprint density at radius 1 is 1.30 bits per heavy atom. The van der Waals surface area contributed by atoms with Crippen LogP contribution < -0.4 is 10.8 Å². The second-order valence-corrected chi connectivity index (χ2v) is 5.62. The zero-order valence-electron chi connectivity index (χ0n) is 12.5. The van der Waals surface area contributed by atoms with E-state index >= 15 is 0 Å². The van der Waals surface area contributed by atoms with Crippen LogP contribution in [0.1, 0.15) is 51.6 Å². The summed E-state index contributed by atoms with van der Waals surface area (Å²) in [4.78, 5) is 11.8. The van der Waals surface area contributed by atoms with Crippen molar-refractivity contribution in [1.29, 1.82) is 0 Å². The molecule has 0 aromatic heterocycles. The normalized spacial score (nSPS) is 12.3. The van der Waals surface area contributed by atoms with Gasteiger partial charge in [0.25, 0.3) is 0 Å². The van der Waals surface area contributed by atoms with E-state index in [0.717, 1.165) is 18.4 Å². The molecule has 0 saturated heterocycles. The van der Waals surface area contributed by atoms with Crippen molar-refractivity contribution in [1.82, 2.24) is 5.32 Å². The standard InChI is InChI=1S/C15H24BNO3/c1-11(2)6-4-9-15(18)17-12(3)13-7-5-8-14(10-13)16(19)20/h5,7-8,10-12,19-20H,4,6,9H2,1-3H3,(H,17,18). The van der Waals surface area contributed by atoms with E-state index in [4.69, 9.17) is 10.0 Å². The molecule has 1 atom stereocenters. The quantitative estimate of drug-likeness (QED) is 0.659. The maximum Gasteiger partial charge on any atom is 0.488 e. The molecule has 1 amide bonds. The largest absolute Gasteiger partial charge is 0.488 e. The van der Waals surface area contributed by atoms with Crippen LogP contribution in [0.4, 0.5) is 0 Å². The minimum atomic E-state index is -1.48. The lowest BCUT2D eigenvalue weighted by Gasteiger charge is -2.15. The molecule has 3 N–H and O–H groups in total. The van der Waals surface area contributed by atoms with E-state index in [2.05, 4.69) is 19.2 Å². The molecule has 0 aliphatic rings. The van der Waals surface area contributed by atoms with Crippen molar-refractivity contribution in [2.75, 3.05) is 0 Å². The Balaban J connectivity index is 2.51. The number of rotatable bonds is 7. The van der Waals surface area contributed by atoms with E-state index in [9.17, 15) is 4.79 Å². The van der Waals surface area contributed by atoms with Gasteiger partial charge in [0.15, 0.2) is 0 Å². The van der Waals surface area contributed by atoms with Gasteiger partial charge >= 0.3 is 7.12 Å². The fraction of sp³-hybridized carbons (Fsp3) is 0.533. The van der Waals surface area contributed by atoms with Crippen molar-refractivity contribution in [2.24, 2.45) is 5.92 Å². The van der Waals surface area contributed by atoms with Crippen molar-refractivity contribution < 1.29 is 14.8 Å². The molecule has 1 aromatic carbocycles. The van der Waals surface area contributed by atoms with Crippen LogP contribution in [0.15, 0.2) is 24.3 Å². The lowest BCUT2D eigenvalue weighted by atomic mass is 9.79. The molecule has 0 aliphatic heterocycles. The smallest absolute Gasteiger partial charge is 0.423 e. The molecule has 5 heteroatoms. The Morgan fingerprint density at radius 2 is 2.00 bits per heavy atom. The second-order valence-electron chi connectivity index (χ2n) is 5.62. The van der Waals surface area contributed by atoms with E-state index < -0.39 is 7.12 Å². The van der Waals surface area contributed by atoms with Crippen LogP contribution >= 0.6 is 0 Å². The zero-order valence-corrected chi connectivity index (χ0v) is 12.5. The Bertz CT molecular complexity index is 435. The van der Waals surface area contributed by atoms with E-state index in [0.29, 0.717) is 17.8 Å². The SMILES string of the molecule is CC(C)CCCC(=O)NC(C)c1cccc(B(O)O)c1. The Kier molecular flexibility index (Phi) is 6.75. The molecule has 1 aromatic rings. The lowest BCUT2D eigenvalue weighted by molar-refractivity contribution is -0.121. The van der Waals surface area contributed by atoms with Gasteiger partial charge < -0.3 is 15.4 Å². The van der Waals surface area contributed by atoms with Crippen molar-refractivity contribution in [2.45, 2.75) is 46.1 Å². The van der Waals surface area contributed by atoms with Crippen LogP contribution in [0.3, 0.4) is 0 Å². The Morgan fingerprint density at radius 3 is 2.60 bits per heavy atom. The summed E-state index contributed by atoms with van der Waals surface area (Å²) in [7, 11) is -1.48. The fourth-order valence-electron chi connectivity index (χ4n) is 2.06. The van der Waals surface area contributed by atoms with Crippen molar-refractivity contribution in [3.05, 3.63) is 29.8 Å². The highest BCUT2D eigenvalue weighted by Crippen LogP contribution is 2.12. The van der Waals surface area contributed by atoms with Crippen LogP contribution in [0.5, 0.6) is 0 Å². The van der Waals surface area contributed by atoms with Crippen LogP contribution in [-0.2, 0) is 4.79 Å². The highest BCUT2D eigenvalue weighted by Gasteiger charge is 2.14. The third-order valence-electron chi connectivity index (χ3n) is 3.27. The summed E-state index contributed by atoms with van der Waals surface area (Å²) in [6.07, 6.45) is 2.48. The van der Waals surface area contributed by atoms with Gasteiger partial charge in [-0.15, -0.1) is 0 Å². The molecule has 1 rings (SSSR count). The number of carbonyl (C=O) groups is 1. The van der Waals surface area contributed by atoms with Gasteiger partial charge in [0.1, 0.15) is 0 Å². The monoisotopic (exact) mass is 277 g/mol. The summed E-state index contributed by atoms with van der Waals surface area (Å²) in [5.74, 6) is 0.649. The van der Waals surface area contributed by atoms with Gasteiger partial charge in [0, 0.05) is 6.42 Å². The summed E-state index contributed by atoms with van der Waals surface area (Å²) in [5, 5.41) is 21.2. The number of nitrogens with one attached hydrogen (secondary N) is 1. The average Bonchev–Trinajstić information content (AvgIpc) is 2.38. The molecule has 110 valence electrons. The lowest BCUT2D eigenvalue weighted by Crippen LogP contribution is -2.31. The third kappa shape index (κ3) is 5.76. The maximum absolute atomic E-state index is 11.8. The molecule has 4 nitrogen and oxygen atoms in total. The number of carbonyl (C=O) groups excluding carboxylic acids is 1.